The van der Waals surface area contributed by atoms with Gasteiger partial charge >= 0.3 is 0 Å². The summed E-state index contributed by atoms with van der Waals surface area (Å²) in [7, 11) is 0. The number of aryl methyl sites for hydroxylation is 1. The second-order valence-corrected chi connectivity index (χ2v) is 6.59. The van der Waals surface area contributed by atoms with Crippen LogP contribution in [-0.4, -0.2) is 43.3 Å². The number of benzene rings is 1. The van der Waals surface area contributed by atoms with Gasteiger partial charge in [0.1, 0.15) is 5.82 Å². The Labute approximate surface area is 125 Å². The topological polar surface area (TPSA) is 24.5 Å². The van der Waals surface area contributed by atoms with Crippen molar-refractivity contribution in [3.05, 3.63) is 35.1 Å². The van der Waals surface area contributed by atoms with E-state index >= 15 is 0 Å². The highest BCUT2D eigenvalue weighted by Crippen LogP contribution is 2.31. The third-order valence-electron chi connectivity index (χ3n) is 5.24. The smallest absolute Gasteiger partial charge is 0.123 e. The average Bonchev–Trinajstić information content (AvgIpc) is 3.10. The van der Waals surface area contributed by atoms with Crippen LogP contribution in [0.25, 0.3) is 0 Å². The molecule has 1 aliphatic carbocycles. The highest BCUT2D eigenvalue weighted by molar-refractivity contribution is 5.34. The van der Waals surface area contributed by atoms with E-state index in [9.17, 15) is 4.39 Å². The molecule has 0 aromatic heterocycles. The van der Waals surface area contributed by atoms with Crippen molar-refractivity contribution in [3.8, 4) is 0 Å². The summed E-state index contributed by atoms with van der Waals surface area (Å²) in [5, 5.41) is 3.63. The van der Waals surface area contributed by atoms with Gasteiger partial charge in [0.2, 0.25) is 0 Å². The molecule has 2 fully saturated rings. The number of rotatable bonds is 3. The Morgan fingerprint density at radius 1 is 1.33 bits per heavy atom. The summed E-state index contributed by atoms with van der Waals surface area (Å²) in [5.74, 6) is -0.120. The molecule has 2 aliphatic heterocycles. The molecule has 0 radical (unpaired) electrons. The first kappa shape index (κ1) is 13.7. The minimum Gasteiger partial charge on any atom is -0.374 e. The monoisotopic (exact) mass is 290 g/mol. The first-order valence-corrected chi connectivity index (χ1v) is 8.17. The second-order valence-electron chi connectivity index (χ2n) is 6.59. The zero-order valence-electron chi connectivity index (χ0n) is 12.4. The van der Waals surface area contributed by atoms with Crippen molar-refractivity contribution < 1.29 is 9.13 Å². The predicted molar refractivity (Wildman–Crippen MR) is 79.8 cm³/mol. The van der Waals surface area contributed by atoms with E-state index in [-0.39, 0.29) is 5.82 Å². The lowest BCUT2D eigenvalue weighted by Crippen LogP contribution is -2.49. The molecule has 2 saturated heterocycles. The molecule has 0 spiro atoms. The minimum absolute atomic E-state index is 0.120. The fraction of sp³-hybridized carbons (Fsp3) is 0.647. The Morgan fingerprint density at radius 3 is 3.24 bits per heavy atom. The maximum atomic E-state index is 13.2. The Hall–Kier alpha value is -0.970. The van der Waals surface area contributed by atoms with Gasteiger partial charge in [-0.25, -0.2) is 4.39 Å². The maximum absolute atomic E-state index is 13.2. The normalized spacial score (nSPS) is 32.1. The number of nitrogens with one attached hydrogen (secondary N) is 1. The summed E-state index contributed by atoms with van der Waals surface area (Å²) in [6, 6.07) is 6.22. The molecule has 4 rings (SSSR count). The lowest BCUT2D eigenvalue weighted by molar-refractivity contribution is -0.0478. The number of nitrogens with zero attached hydrogens (tertiary/aromatic N) is 1. The van der Waals surface area contributed by atoms with Crippen molar-refractivity contribution in [2.45, 2.75) is 43.9 Å². The fourth-order valence-corrected chi connectivity index (χ4v) is 4.08. The molecule has 3 nitrogen and oxygen atoms in total. The van der Waals surface area contributed by atoms with Gasteiger partial charge in [0, 0.05) is 25.2 Å². The molecule has 1 N–H and O–H groups in total. The minimum atomic E-state index is -0.120. The molecular formula is C17H23FN2O. The van der Waals surface area contributed by atoms with Crippen molar-refractivity contribution >= 4 is 0 Å². The summed E-state index contributed by atoms with van der Waals surface area (Å²) in [6.07, 6.45) is 4.95. The first-order chi connectivity index (χ1) is 10.3. The van der Waals surface area contributed by atoms with Crippen LogP contribution in [0, 0.1) is 5.82 Å². The van der Waals surface area contributed by atoms with Crippen LogP contribution < -0.4 is 5.32 Å². The van der Waals surface area contributed by atoms with Gasteiger partial charge < -0.3 is 10.1 Å². The maximum Gasteiger partial charge on any atom is 0.123 e. The molecule has 2 heterocycles. The zero-order chi connectivity index (χ0) is 14.2. The Kier molecular flexibility index (Phi) is 3.69. The molecule has 3 aliphatic rings. The van der Waals surface area contributed by atoms with Crippen molar-refractivity contribution in [1.29, 1.82) is 0 Å². The van der Waals surface area contributed by atoms with Gasteiger partial charge in [-0.3, -0.25) is 4.90 Å². The summed E-state index contributed by atoms with van der Waals surface area (Å²) in [6.45, 7) is 4.07. The van der Waals surface area contributed by atoms with E-state index in [1.54, 1.807) is 12.1 Å². The van der Waals surface area contributed by atoms with Gasteiger partial charge in [-0.05, 0) is 55.5 Å². The number of ether oxygens (including phenoxy) is 1. The largest absolute Gasteiger partial charge is 0.374 e. The van der Waals surface area contributed by atoms with Gasteiger partial charge in [0.05, 0.1) is 12.7 Å². The quantitative estimate of drug-likeness (QED) is 0.924. The highest BCUT2D eigenvalue weighted by Gasteiger charge is 2.32. The van der Waals surface area contributed by atoms with E-state index in [1.165, 1.54) is 24.9 Å². The van der Waals surface area contributed by atoms with Crippen LogP contribution in [0.5, 0.6) is 0 Å². The molecular weight excluding hydrogens is 267 g/mol. The summed E-state index contributed by atoms with van der Waals surface area (Å²) < 4.78 is 19.2. The molecule has 3 unspecified atom stereocenters. The van der Waals surface area contributed by atoms with Gasteiger partial charge in [0.25, 0.3) is 0 Å². The van der Waals surface area contributed by atoms with Crippen LogP contribution in [0.15, 0.2) is 18.2 Å². The SMILES string of the molecule is Fc1ccc2c(c1)CCC2NCC1CN2CCCC2CO1. The Balaban J connectivity index is 1.34. The predicted octanol–water partition coefficient (Wildman–Crippen LogP) is 2.27. The standard InChI is InChI=1S/C17H23FN2O/c18-13-4-5-16-12(8-13)3-6-17(16)19-9-15-10-20-7-1-2-14(20)11-21-15/h4-5,8,14-15,17,19H,1-3,6-7,9-11H2. The van der Waals surface area contributed by atoms with Crippen molar-refractivity contribution in [3.63, 3.8) is 0 Å². The number of hydrogen-bond acceptors (Lipinski definition) is 3. The zero-order valence-corrected chi connectivity index (χ0v) is 12.4. The molecule has 3 atom stereocenters. The van der Waals surface area contributed by atoms with Crippen molar-refractivity contribution in [1.82, 2.24) is 10.2 Å². The number of hydrogen-bond donors (Lipinski definition) is 1. The third-order valence-corrected chi connectivity index (χ3v) is 5.24. The highest BCUT2D eigenvalue weighted by atomic mass is 19.1. The van der Waals surface area contributed by atoms with E-state index in [0.717, 1.165) is 38.1 Å². The van der Waals surface area contributed by atoms with Crippen LogP contribution in [0.4, 0.5) is 4.39 Å². The summed E-state index contributed by atoms with van der Waals surface area (Å²) in [4.78, 5) is 2.58. The van der Waals surface area contributed by atoms with E-state index in [4.69, 9.17) is 4.74 Å². The molecule has 21 heavy (non-hydrogen) atoms. The number of halogens is 1. The molecule has 4 heteroatoms. The molecule has 0 bridgehead atoms. The van der Waals surface area contributed by atoms with Crippen LogP contribution in [-0.2, 0) is 11.2 Å². The molecule has 0 saturated carbocycles. The molecule has 114 valence electrons. The van der Waals surface area contributed by atoms with Crippen molar-refractivity contribution in [2.24, 2.45) is 0 Å². The van der Waals surface area contributed by atoms with E-state index in [1.807, 2.05) is 6.07 Å². The number of morpholine rings is 1. The van der Waals surface area contributed by atoms with E-state index in [0.29, 0.717) is 18.2 Å². The van der Waals surface area contributed by atoms with Gasteiger partial charge in [-0.15, -0.1) is 0 Å². The fourth-order valence-electron chi connectivity index (χ4n) is 4.08. The van der Waals surface area contributed by atoms with Gasteiger partial charge in [-0.2, -0.15) is 0 Å². The first-order valence-electron chi connectivity index (χ1n) is 8.17. The summed E-state index contributed by atoms with van der Waals surface area (Å²) >= 11 is 0. The van der Waals surface area contributed by atoms with E-state index in [2.05, 4.69) is 10.2 Å². The molecule has 1 aromatic rings. The average molecular weight is 290 g/mol. The Morgan fingerprint density at radius 2 is 2.29 bits per heavy atom. The number of fused-ring (bicyclic) bond motifs is 2. The van der Waals surface area contributed by atoms with Crippen LogP contribution >= 0.6 is 0 Å². The third kappa shape index (κ3) is 2.72. The summed E-state index contributed by atoms with van der Waals surface area (Å²) in [5.41, 5.74) is 2.43. The van der Waals surface area contributed by atoms with Crippen LogP contribution in [0.3, 0.4) is 0 Å². The van der Waals surface area contributed by atoms with Crippen LogP contribution in [0.2, 0.25) is 0 Å². The second kappa shape index (κ2) is 5.67. The lowest BCUT2D eigenvalue weighted by atomic mass is 10.1. The van der Waals surface area contributed by atoms with Gasteiger partial charge in [-0.1, -0.05) is 6.07 Å². The van der Waals surface area contributed by atoms with Crippen molar-refractivity contribution in [2.75, 3.05) is 26.2 Å². The van der Waals surface area contributed by atoms with E-state index < -0.39 is 0 Å². The molecule has 0 amide bonds. The van der Waals surface area contributed by atoms with Gasteiger partial charge in [0.15, 0.2) is 0 Å². The Bertz CT molecular complexity index is 522. The molecule has 1 aromatic carbocycles. The van der Waals surface area contributed by atoms with Crippen LogP contribution in [0.1, 0.15) is 36.4 Å². The lowest BCUT2D eigenvalue weighted by Gasteiger charge is -2.35.